The predicted octanol–water partition coefficient (Wildman–Crippen LogP) is 0.265. The lowest BCUT2D eigenvalue weighted by molar-refractivity contribution is -0.139. The number of nitrogens with two attached hydrogens (primary N) is 1. The Balaban J connectivity index is 2.39. The van der Waals surface area contributed by atoms with Gasteiger partial charge >= 0.3 is 12.0 Å². The number of hydrogen-bond acceptors (Lipinski definition) is 5. The third-order valence-electron chi connectivity index (χ3n) is 2.72. The maximum atomic E-state index is 11.7. The summed E-state index contributed by atoms with van der Waals surface area (Å²) in [6, 6.07) is -1.75. The van der Waals surface area contributed by atoms with Crippen LogP contribution < -0.4 is 16.4 Å². The third-order valence-corrected chi connectivity index (χ3v) is 3.73. The van der Waals surface area contributed by atoms with Crippen molar-refractivity contribution in [2.45, 2.75) is 31.7 Å². The molecule has 1 aromatic rings. The molecular formula is C12H18N4O4S. The Labute approximate surface area is 125 Å². The number of hydrogen-bond donors (Lipinski definition) is 4. The lowest BCUT2D eigenvalue weighted by Crippen LogP contribution is -2.47. The average Bonchev–Trinajstić information content (AvgIpc) is 2.94. The summed E-state index contributed by atoms with van der Waals surface area (Å²) in [5.41, 5.74) is 4.96. The van der Waals surface area contributed by atoms with Gasteiger partial charge in [-0.15, -0.1) is 11.3 Å². The van der Waals surface area contributed by atoms with E-state index in [0.29, 0.717) is 6.54 Å². The number of nitrogens with zero attached hydrogens (tertiary/aromatic N) is 1. The summed E-state index contributed by atoms with van der Waals surface area (Å²) in [5, 5.41) is 16.6. The normalized spacial score (nSPS) is 13.2. The molecule has 0 bridgehead atoms. The minimum Gasteiger partial charge on any atom is -0.480 e. The minimum atomic E-state index is -1.21. The molecule has 0 fully saturated rings. The molecule has 9 heteroatoms. The van der Waals surface area contributed by atoms with E-state index in [-0.39, 0.29) is 18.8 Å². The number of carbonyl (C=O) groups excluding carboxylic acids is 2. The highest BCUT2D eigenvalue weighted by Gasteiger charge is 2.20. The zero-order valence-corrected chi connectivity index (χ0v) is 12.4. The van der Waals surface area contributed by atoms with Crippen molar-refractivity contribution < 1.29 is 19.5 Å². The van der Waals surface area contributed by atoms with Crippen LogP contribution in [0, 0.1) is 0 Å². The Morgan fingerprint density at radius 1 is 1.48 bits per heavy atom. The molecule has 116 valence electrons. The van der Waals surface area contributed by atoms with Crippen molar-refractivity contribution in [1.29, 1.82) is 0 Å². The molecule has 1 heterocycles. The number of thiazole rings is 1. The molecule has 0 aromatic carbocycles. The van der Waals surface area contributed by atoms with Gasteiger partial charge in [-0.1, -0.05) is 6.92 Å². The van der Waals surface area contributed by atoms with Crippen LogP contribution in [0.15, 0.2) is 11.6 Å². The summed E-state index contributed by atoms with van der Waals surface area (Å²) >= 11 is 1.48. The molecule has 0 saturated heterocycles. The zero-order valence-electron chi connectivity index (χ0n) is 11.5. The Bertz CT molecular complexity index is 491. The number of amides is 3. The highest BCUT2D eigenvalue weighted by Crippen LogP contribution is 2.16. The van der Waals surface area contributed by atoms with E-state index in [9.17, 15) is 14.4 Å². The van der Waals surface area contributed by atoms with Crippen molar-refractivity contribution in [2.75, 3.05) is 6.54 Å². The topological polar surface area (TPSA) is 134 Å². The van der Waals surface area contributed by atoms with Gasteiger partial charge in [0.05, 0.1) is 5.01 Å². The number of urea groups is 1. The van der Waals surface area contributed by atoms with Gasteiger partial charge in [-0.2, -0.15) is 0 Å². The number of nitrogens with one attached hydrogen (secondary N) is 2. The lowest BCUT2D eigenvalue weighted by atomic mass is 10.1. The highest BCUT2D eigenvalue weighted by molar-refractivity contribution is 7.09. The first-order chi connectivity index (χ1) is 9.90. The SMILES string of the molecule is CC(CNC(=O)N[C@H](CCC(N)=O)C(=O)O)c1nccs1. The number of rotatable bonds is 8. The number of carbonyl (C=O) groups is 3. The summed E-state index contributed by atoms with van der Waals surface area (Å²) in [5.74, 6) is -1.79. The van der Waals surface area contributed by atoms with Crippen LogP contribution in [0.5, 0.6) is 0 Å². The fourth-order valence-corrected chi connectivity index (χ4v) is 2.26. The van der Waals surface area contributed by atoms with E-state index in [4.69, 9.17) is 10.8 Å². The monoisotopic (exact) mass is 314 g/mol. The molecule has 8 nitrogen and oxygen atoms in total. The van der Waals surface area contributed by atoms with Gasteiger partial charge in [0.1, 0.15) is 6.04 Å². The van der Waals surface area contributed by atoms with Gasteiger partial charge in [0.2, 0.25) is 5.91 Å². The van der Waals surface area contributed by atoms with Gasteiger partial charge in [0.25, 0.3) is 0 Å². The van der Waals surface area contributed by atoms with Crippen LogP contribution in [0.25, 0.3) is 0 Å². The maximum Gasteiger partial charge on any atom is 0.326 e. The molecule has 0 aliphatic carbocycles. The predicted molar refractivity (Wildman–Crippen MR) is 76.9 cm³/mol. The van der Waals surface area contributed by atoms with Gasteiger partial charge in [0.15, 0.2) is 0 Å². The van der Waals surface area contributed by atoms with Crippen molar-refractivity contribution in [3.8, 4) is 0 Å². The average molecular weight is 314 g/mol. The number of aromatic nitrogens is 1. The zero-order chi connectivity index (χ0) is 15.8. The first-order valence-corrected chi connectivity index (χ1v) is 7.23. The van der Waals surface area contributed by atoms with E-state index in [1.165, 1.54) is 11.3 Å². The van der Waals surface area contributed by atoms with Crippen LogP contribution in [0.4, 0.5) is 4.79 Å². The standard InChI is InChI=1S/C12H18N4O4S/c1-7(10-14-4-5-21-10)6-15-12(20)16-8(11(18)19)2-3-9(13)17/h4-5,7-8H,2-3,6H2,1H3,(H2,13,17)(H,18,19)(H2,15,16,20)/t7?,8-/m1/s1. The molecule has 0 radical (unpaired) electrons. The Kier molecular flexibility index (Phi) is 6.60. The van der Waals surface area contributed by atoms with Crippen LogP contribution in [-0.4, -0.2) is 40.6 Å². The van der Waals surface area contributed by atoms with E-state index in [0.717, 1.165) is 5.01 Å². The second-order valence-corrected chi connectivity index (χ2v) is 5.45. The fraction of sp³-hybridized carbons (Fsp3) is 0.500. The third kappa shape index (κ3) is 6.21. The fourth-order valence-electron chi connectivity index (χ4n) is 1.56. The van der Waals surface area contributed by atoms with Crippen LogP contribution >= 0.6 is 11.3 Å². The van der Waals surface area contributed by atoms with Gasteiger partial charge in [-0.3, -0.25) is 4.79 Å². The van der Waals surface area contributed by atoms with Crippen LogP contribution in [0.3, 0.4) is 0 Å². The molecule has 1 rings (SSSR count). The molecule has 0 saturated carbocycles. The molecule has 0 aliphatic rings. The number of primary amides is 1. The highest BCUT2D eigenvalue weighted by atomic mass is 32.1. The smallest absolute Gasteiger partial charge is 0.326 e. The van der Waals surface area contributed by atoms with Gasteiger partial charge < -0.3 is 21.5 Å². The Hall–Kier alpha value is -2.16. The van der Waals surface area contributed by atoms with Gasteiger partial charge in [0, 0.05) is 30.5 Å². The first-order valence-electron chi connectivity index (χ1n) is 6.35. The van der Waals surface area contributed by atoms with E-state index in [1.807, 2.05) is 12.3 Å². The van der Waals surface area contributed by atoms with Gasteiger partial charge in [-0.05, 0) is 6.42 Å². The van der Waals surface area contributed by atoms with Crippen molar-refractivity contribution in [3.63, 3.8) is 0 Å². The lowest BCUT2D eigenvalue weighted by Gasteiger charge is -2.15. The first kappa shape index (κ1) is 16.9. The van der Waals surface area contributed by atoms with Crippen LogP contribution in [0.1, 0.15) is 30.7 Å². The Morgan fingerprint density at radius 3 is 2.71 bits per heavy atom. The molecule has 21 heavy (non-hydrogen) atoms. The molecule has 0 spiro atoms. The van der Waals surface area contributed by atoms with Crippen LogP contribution in [-0.2, 0) is 9.59 Å². The van der Waals surface area contributed by atoms with E-state index >= 15 is 0 Å². The minimum absolute atomic E-state index is 0.0321. The molecule has 1 unspecified atom stereocenters. The van der Waals surface area contributed by atoms with E-state index in [1.54, 1.807) is 6.20 Å². The number of carboxylic acids is 1. The molecule has 3 amide bonds. The summed E-state index contributed by atoms with van der Waals surface area (Å²) in [6.07, 6.45) is 1.54. The number of carboxylic acid groups (broad SMARTS) is 1. The van der Waals surface area contributed by atoms with Crippen molar-refractivity contribution >= 4 is 29.2 Å². The molecule has 0 aliphatic heterocycles. The molecular weight excluding hydrogens is 296 g/mol. The quantitative estimate of drug-likeness (QED) is 0.546. The van der Waals surface area contributed by atoms with Crippen molar-refractivity contribution in [1.82, 2.24) is 15.6 Å². The summed E-state index contributed by atoms with van der Waals surface area (Å²) in [7, 11) is 0. The van der Waals surface area contributed by atoms with Crippen molar-refractivity contribution in [2.24, 2.45) is 5.73 Å². The second kappa shape index (κ2) is 8.20. The summed E-state index contributed by atoms with van der Waals surface area (Å²) in [6.45, 7) is 2.24. The van der Waals surface area contributed by atoms with E-state index < -0.39 is 23.9 Å². The largest absolute Gasteiger partial charge is 0.480 e. The maximum absolute atomic E-state index is 11.7. The molecule has 1 aromatic heterocycles. The summed E-state index contributed by atoms with van der Waals surface area (Å²) < 4.78 is 0. The summed E-state index contributed by atoms with van der Waals surface area (Å²) in [4.78, 5) is 37.4. The van der Waals surface area contributed by atoms with Gasteiger partial charge in [-0.25, -0.2) is 14.6 Å². The second-order valence-electron chi connectivity index (χ2n) is 4.52. The van der Waals surface area contributed by atoms with Crippen molar-refractivity contribution in [3.05, 3.63) is 16.6 Å². The molecule has 2 atom stereocenters. The Morgan fingerprint density at radius 2 is 2.19 bits per heavy atom. The number of aliphatic carboxylic acids is 1. The van der Waals surface area contributed by atoms with Crippen LogP contribution in [0.2, 0.25) is 0 Å². The van der Waals surface area contributed by atoms with E-state index in [2.05, 4.69) is 15.6 Å². The molecule has 5 N–H and O–H groups in total.